The van der Waals surface area contributed by atoms with Crippen LogP contribution >= 0.6 is 0 Å². The second kappa shape index (κ2) is 6.35. The van der Waals surface area contributed by atoms with E-state index < -0.39 is 0 Å². The van der Waals surface area contributed by atoms with Gasteiger partial charge >= 0.3 is 5.97 Å². The number of ether oxygens (including phenoxy) is 1. The molecular formula is C20H24O2. The van der Waals surface area contributed by atoms with Crippen LogP contribution in [0.2, 0.25) is 0 Å². The molecule has 0 saturated heterocycles. The van der Waals surface area contributed by atoms with E-state index in [9.17, 15) is 4.79 Å². The molecule has 0 amide bonds. The van der Waals surface area contributed by atoms with Gasteiger partial charge in [0.15, 0.2) is 0 Å². The van der Waals surface area contributed by atoms with E-state index >= 15 is 0 Å². The molecule has 0 aliphatic heterocycles. The van der Waals surface area contributed by atoms with Gasteiger partial charge in [0.05, 0.1) is 5.56 Å². The van der Waals surface area contributed by atoms with Crippen molar-refractivity contribution in [1.82, 2.24) is 0 Å². The Morgan fingerprint density at radius 1 is 0.909 bits per heavy atom. The second-order valence-corrected chi connectivity index (χ2v) is 6.94. The third kappa shape index (κ3) is 3.97. The Labute approximate surface area is 133 Å². The Hall–Kier alpha value is -2.09. The Kier molecular flexibility index (Phi) is 4.70. The number of hydrogen-bond acceptors (Lipinski definition) is 2. The quantitative estimate of drug-likeness (QED) is 0.565. The lowest BCUT2D eigenvalue weighted by Gasteiger charge is -2.19. The van der Waals surface area contributed by atoms with Gasteiger partial charge in [0.25, 0.3) is 0 Å². The molecule has 2 nitrogen and oxygen atoms in total. The van der Waals surface area contributed by atoms with Crippen molar-refractivity contribution in [2.24, 2.45) is 0 Å². The number of carbonyl (C=O) groups excluding carboxylic acids is 1. The zero-order valence-corrected chi connectivity index (χ0v) is 14.0. The highest BCUT2D eigenvalue weighted by Crippen LogP contribution is 2.24. The van der Waals surface area contributed by atoms with Gasteiger partial charge in [-0.05, 0) is 46.7 Å². The highest BCUT2D eigenvalue weighted by Gasteiger charge is 2.14. The minimum Gasteiger partial charge on any atom is -0.423 e. The summed E-state index contributed by atoms with van der Waals surface area (Å²) in [6, 6.07) is 15.3. The third-order valence-corrected chi connectivity index (χ3v) is 3.74. The van der Waals surface area contributed by atoms with Crippen LogP contribution in [0.15, 0.2) is 48.5 Å². The predicted molar refractivity (Wildman–Crippen MR) is 90.6 cm³/mol. The Morgan fingerprint density at radius 2 is 1.45 bits per heavy atom. The van der Waals surface area contributed by atoms with Crippen molar-refractivity contribution >= 4 is 5.97 Å². The summed E-state index contributed by atoms with van der Waals surface area (Å²) in [4.78, 5) is 12.2. The summed E-state index contributed by atoms with van der Waals surface area (Å²) in [6.45, 7) is 10.7. The van der Waals surface area contributed by atoms with Crippen molar-refractivity contribution in [3.05, 3.63) is 65.2 Å². The molecule has 0 fully saturated rings. The number of rotatable bonds is 3. The van der Waals surface area contributed by atoms with E-state index in [0.717, 1.165) is 0 Å². The van der Waals surface area contributed by atoms with Gasteiger partial charge in [0.1, 0.15) is 5.75 Å². The van der Waals surface area contributed by atoms with Gasteiger partial charge in [-0.15, -0.1) is 0 Å². The fraction of sp³-hybridized carbons (Fsp3) is 0.350. The van der Waals surface area contributed by atoms with Gasteiger partial charge in [-0.1, -0.05) is 58.9 Å². The molecule has 0 heterocycles. The third-order valence-electron chi connectivity index (χ3n) is 3.74. The summed E-state index contributed by atoms with van der Waals surface area (Å²) < 4.78 is 5.43. The molecule has 0 bridgehead atoms. The minimum absolute atomic E-state index is 0.0925. The molecule has 116 valence electrons. The van der Waals surface area contributed by atoms with Crippen molar-refractivity contribution in [3.8, 4) is 5.75 Å². The standard InChI is InChI=1S/C20H24O2/c1-14(2)15-6-8-16(9-7-15)19(21)22-18-12-10-17(11-13-18)20(3,4)5/h6-14H,1-5H3. The van der Waals surface area contributed by atoms with Crippen LogP contribution in [0.3, 0.4) is 0 Å². The smallest absolute Gasteiger partial charge is 0.343 e. The van der Waals surface area contributed by atoms with Gasteiger partial charge < -0.3 is 4.74 Å². The van der Waals surface area contributed by atoms with E-state index in [0.29, 0.717) is 17.2 Å². The minimum atomic E-state index is -0.321. The fourth-order valence-corrected chi connectivity index (χ4v) is 2.19. The van der Waals surface area contributed by atoms with Crippen LogP contribution in [0, 0.1) is 0 Å². The molecule has 0 aliphatic carbocycles. The van der Waals surface area contributed by atoms with Gasteiger partial charge in [0, 0.05) is 0 Å². The van der Waals surface area contributed by atoms with Crippen LogP contribution in [0.25, 0.3) is 0 Å². The summed E-state index contributed by atoms with van der Waals surface area (Å²) in [6.07, 6.45) is 0. The molecule has 0 aliphatic rings. The molecule has 2 aromatic carbocycles. The molecule has 0 N–H and O–H groups in total. The Bertz CT molecular complexity index is 629. The topological polar surface area (TPSA) is 26.3 Å². The molecule has 0 aromatic heterocycles. The highest BCUT2D eigenvalue weighted by atomic mass is 16.5. The highest BCUT2D eigenvalue weighted by molar-refractivity contribution is 5.91. The first kappa shape index (κ1) is 16.3. The van der Waals surface area contributed by atoms with Crippen LogP contribution in [0.4, 0.5) is 0 Å². The lowest BCUT2D eigenvalue weighted by molar-refractivity contribution is 0.0734. The monoisotopic (exact) mass is 296 g/mol. The second-order valence-electron chi connectivity index (χ2n) is 6.94. The maximum atomic E-state index is 12.2. The SMILES string of the molecule is CC(C)c1ccc(C(=O)Oc2ccc(C(C)(C)C)cc2)cc1. The summed E-state index contributed by atoms with van der Waals surface area (Å²) in [5, 5.41) is 0. The van der Waals surface area contributed by atoms with Crippen molar-refractivity contribution in [3.63, 3.8) is 0 Å². The first-order chi connectivity index (χ1) is 10.3. The molecule has 2 rings (SSSR count). The summed E-state index contributed by atoms with van der Waals surface area (Å²) in [5.41, 5.74) is 3.10. The summed E-state index contributed by atoms with van der Waals surface area (Å²) in [5.74, 6) is 0.708. The van der Waals surface area contributed by atoms with E-state index in [4.69, 9.17) is 4.74 Å². The number of carbonyl (C=O) groups is 1. The average molecular weight is 296 g/mol. The Balaban J connectivity index is 2.08. The molecule has 0 radical (unpaired) electrons. The molecule has 0 spiro atoms. The van der Waals surface area contributed by atoms with E-state index in [2.05, 4.69) is 34.6 Å². The van der Waals surface area contributed by atoms with Crippen molar-refractivity contribution in [2.75, 3.05) is 0 Å². The van der Waals surface area contributed by atoms with E-state index in [1.807, 2.05) is 48.5 Å². The molecule has 22 heavy (non-hydrogen) atoms. The maximum Gasteiger partial charge on any atom is 0.343 e. The molecule has 2 aromatic rings. The van der Waals surface area contributed by atoms with Crippen LogP contribution in [-0.2, 0) is 5.41 Å². The molecule has 0 saturated carbocycles. The maximum absolute atomic E-state index is 12.2. The van der Waals surface area contributed by atoms with Crippen LogP contribution in [0.5, 0.6) is 5.75 Å². The number of hydrogen-bond donors (Lipinski definition) is 0. The molecule has 0 unspecified atom stereocenters. The zero-order chi connectivity index (χ0) is 16.3. The molecule has 0 atom stereocenters. The number of esters is 1. The van der Waals surface area contributed by atoms with Crippen LogP contribution in [0.1, 0.15) is 62.0 Å². The molecule has 2 heteroatoms. The van der Waals surface area contributed by atoms with Gasteiger partial charge in [0.2, 0.25) is 0 Å². The Morgan fingerprint density at radius 3 is 1.91 bits per heavy atom. The lowest BCUT2D eigenvalue weighted by atomic mass is 9.87. The van der Waals surface area contributed by atoms with Crippen LogP contribution in [-0.4, -0.2) is 5.97 Å². The summed E-state index contributed by atoms with van der Waals surface area (Å²) in [7, 11) is 0. The lowest BCUT2D eigenvalue weighted by Crippen LogP contribution is -2.11. The average Bonchev–Trinajstić information content (AvgIpc) is 2.47. The van der Waals surface area contributed by atoms with Gasteiger partial charge in [-0.2, -0.15) is 0 Å². The van der Waals surface area contributed by atoms with Crippen molar-refractivity contribution in [1.29, 1.82) is 0 Å². The van der Waals surface area contributed by atoms with E-state index in [-0.39, 0.29) is 11.4 Å². The van der Waals surface area contributed by atoms with Crippen LogP contribution < -0.4 is 4.74 Å². The summed E-state index contributed by atoms with van der Waals surface area (Å²) >= 11 is 0. The van der Waals surface area contributed by atoms with E-state index in [1.165, 1.54) is 11.1 Å². The first-order valence-corrected chi connectivity index (χ1v) is 7.70. The predicted octanol–water partition coefficient (Wildman–Crippen LogP) is 5.33. The van der Waals surface area contributed by atoms with Gasteiger partial charge in [-0.3, -0.25) is 0 Å². The largest absolute Gasteiger partial charge is 0.423 e. The van der Waals surface area contributed by atoms with Crippen molar-refractivity contribution < 1.29 is 9.53 Å². The first-order valence-electron chi connectivity index (χ1n) is 7.70. The number of benzene rings is 2. The van der Waals surface area contributed by atoms with Crippen molar-refractivity contribution in [2.45, 2.75) is 46.0 Å². The molecular weight excluding hydrogens is 272 g/mol. The fourth-order valence-electron chi connectivity index (χ4n) is 2.19. The van der Waals surface area contributed by atoms with Gasteiger partial charge in [-0.25, -0.2) is 4.79 Å². The normalized spacial score (nSPS) is 11.5. The van der Waals surface area contributed by atoms with E-state index in [1.54, 1.807) is 0 Å². The zero-order valence-electron chi connectivity index (χ0n) is 14.0.